The van der Waals surface area contributed by atoms with Crippen molar-refractivity contribution in [2.75, 3.05) is 14.2 Å². The standard InChI is InChI=1S/C10H14O3/c1-12-7-9-5-10(13-2)4-3-8(9)6-11/h3-5,11H,6-7H2,1-2H3. The van der Waals surface area contributed by atoms with Gasteiger partial charge in [0.25, 0.3) is 0 Å². The van der Waals surface area contributed by atoms with E-state index in [2.05, 4.69) is 0 Å². The van der Waals surface area contributed by atoms with E-state index in [9.17, 15) is 0 Å². The van der Waals surface area contributed by atoms with Gasteiger partial charge in [-0.25, -0.2) is 0 Å². The van der Waals surface area contributed by atoms with Crippen LogP contribution in [0.3, 0.4) is 0 Å². The summed E-state index contributed by atoms with van der Waals surface area (Å²) >= 11 is 0. The summed E-state index contributed by atoms with van der Waals surface area (Å²) in [6.45, 7) is 0.524. The van der Waals surface area contributed by atoms with Gasteiger partial charge in [-0.1, -0.05) is 6.07 Å². The summed E-state index contributed by atoms with van der Waals surface area (Å²) in [6, 6.07) is 5.53. The van der Waals surface area contributed by atoms with Crippen LogP contribution < -0.4 is 4.74 Å². The fraction of sp³-hybridized carbons (Fsp3) is 0.400. The highest BCUT2D eigenvalue weighted by Crippen LogP contribution is 2.18. The fourth-order valence-electron chi connectivity index (χ4n) is 1.17. The average Bonchev–Trinajstić information content (AvgIpc) is 2.18. The normalized spacial score (nSPS) is 10.1. The van der Waals surface area contributed by atoms with Crippen LogP contribution in [0.25, 0.3) is 0 Å². The van der Waals surface area contributed by atoms with Crippen molar-refractivity contribution in [1.29, 1.82) is 0 Å². The molecular formula is C10H14O3. The van der Waals surface area contributed by atoms with Gasteiger partial charge in [0.1, 0.15) is 5.75 Å². The van der Waals surface area contributed by atoms with Crippen molar-refractivity contribution in [3.05, 3.63) is 29.3 Å². The number of aliphatic hydroxyl groups is 1. The third kappa shape index (κ3) is 2.44. The summed E-state index contributed by atoms with van der Waals surface area (Å²) < 4.78 is 10.1. The Hall–Kier alpha value is -1.06. The lowest BCUT2D eigenvalue weighted by molar-refractivity contribution is 0.181. The van der Waals surface area contributed by atoms with Crippen molar-refractivity contribution in [3.8, 4) is 5.75 Å². The SMILES string of the molecule is COCc1cc(OC)ccc1CO. The maximum absolute atomic E-state index is 9.01. The Kier molecular flexibility index (Phi) is 3.73. The molecule has 0 aromatic heterocycles. The first-order valence-corrected chi connectivity index (χ1v) is 4.07. The fourth-order valence-corrected chi connectivity index (χ4v) is 1.17. The van der Waals surface area contributed by atoms with Crippen LogP contribution in [-0.2, 0) is 18.0 Å². The maximum atomic E-state index is 9.01. The van der Waals surface area contributed by atoms with Crippen molar-refractivity contribution < 1.29 is 14.6 Å². The lowest BCUT2D eigenvalue weighted by atomic mass is 10.1. The molecule has 0 amide bonds. The molecule has 1 aromatic rings. The molecule has 0 unspecified atom stereocenters. The van der Waals surface area contributed by atoms with E-state index in [4.69, 9.17) is 14.6 Å². The van der Waals surface area contributed by atoms with E-state index in [1.165, 1.54) is 0 Å². The maximum Gasteiger partial charge on any atom is 0.119 e. The van der Waals surface area contributed by atoms with Crippen LogP contribution in [0.1, 0.15) is 11.1 Å². The summed E-state index contributed by atoms with van der Waals surface area (Å²) in [6.07, 6.45) is 0. The lowest BCUT2D eigenvalue weighted by Gasteiger charge is -2.08. The first-order chi connectivity index (χ1) is 6.31. The third-order valence-corrected chi connectivity index (χ3v) is 1.88. The second kappa shape index (κ2) is 4.84. The van der Waals surface area contributed by atoms with Crippen molar-refractivity contribution >= 4 is 0 Å². The number of hydrogen-bond donors (Lipinski definition) is 1. The summed E-state index contributed by atoms with van der Waals surface area (Å²) in [5.74, 6) is 0.782. The molecule has 0 bridgehead atoms. The molecule has 1 N–H and O–H groups in total. The van der Waals surface area contributed by atoms with Crippen LogP contribution in [0.4, 0.5) is 0 Å². The van der Waals surface area contributed by atoms with E-state index in [1.54, 1.807) is 14.2 Å². The van der Waals surface area contributed by atoms with E-state index in [0.717, 1.165) is 16.9 Å². The smallest absolute Gasteiger partial charge is 0.119 e. The highest BCUT2D eigenvalue weighted by atomic mass is 16.5. The van der Waals surface area contributed by atoms with Gasteiger partial charge in [0.2, 0.25) is 0 Å². The number of hydrogen-bond acceptors (Lipinski definition) is 3. The van der Waals surface area contributed by atoms with Gasteiger partial charge in [0.15, 0.2) is 0 Å². The van der Waals surface area contributed by atoms with E-state index < -0.39 is 0 Å². The molecule has 1 rings (SSSR count). The molecule has 0 radical (unpaired) electrons. The van der Waals surface area contributed by atoms with Crippen LogP contribution in [0.5, 0.6) is 5.75 Å². The number of aliphatic hydroxyl groups excluding tert-OH is 1. The van der Waals surface area contributed by atoms with Crippen LogP contribution >= 0.6 is 0 Å². The Morgan fingerprint density at radius 2 is 2.00 bits per heavy atom. The highest BCUT2D eigenvalue weighted by molar-refractivity contribution is 5.34. The molecule has 0 atom stereocenters. The number of ether oxygens (including phenoxy) is 2. The number of methoxy groups -OCH3 is 2. The van der Waals surface area contributed by atoms with Crippen molar-refractivity contribution in [3.63, 3.8) is 0 Å². The zero-order valence-corrected chi connectivity index (χ0v) is 7.91. The predicted molar refractivity (Wildman–Crippen MR) is 49.6 cm³/mol. The van der Waals surface area contributed by atoms with Crippen LogP contribution in [0, 0.1) is 0 Å². The second-order valence-corrected chi connectivity index (χ2v) is 2.73. The molecule has 0 aliphatic heterocycles. The van der Waals surface area contributed by atoms with Crippen molar-refractivity contribution in [2.24, 2.45) is 0 Å². The Labute approximate surface area is 77.9 Å². The summed E-state index contributed by atoms with van der Waals surface area (Å²) in [7, 11) is 3.24. The molecule has 72 valence electrons. The summed E-state index contributed by atoms with van der Waals surface area (Å²) in [5.41, 5.74) is 1.84. The minimum Gasteiger partial charge on any atom is -0.497 e. The van der Waals surface area contributed by atoms with E-state index in [1.807, 2.05) is 18.2 Å². The zero-order chi connectivity index (χ0) is 9.68. The Morgan fingerprint density at radius 3 is 2.54 bits per heavy atom. The third-order valence-electron chi connectivity index (χ3n) is 1.88. The predicted octanol–water partition coefficient (Wildman–Crippen LogP) is 1.33. The number of rotatable bonds is 4. The molecule has 3 heteroatoms. The monoisotopic (exact) mass is 182 g/mol. The van der Waals surface area contributed by atoms with E-state index in [0.29, 0.717) is 6.61 Å². The minimum atomic E-state index is 0.0304. The Balaban J connectivity index is 2.95. The van der Waals surface area contributed by atoms with Gasteiger partial charge in [-0.15, -0.1) is 0 Å². The highest BCUT2D eigenvalue weighted by Gasteiger charge is 2.02. The van der Waals surface area contributed by atoms with Crippen LogP contribution in [-0.4, -0.2) is 19.3 Å². The first-order valence-electron chi connectivity index (χ1n) is 4.07. The van der Waals surface area contributed by atoms with Crippen LogP contribution in [0.2, 0.25) is 0 Å². The van der Waals surface area contributed by atoms with Gasteiger partial charge in [0, 0.05) is 7.11 Å². The van der Waals surface area contributed by atoms with Gasteiger partial charge in [0.05, 0.1) is 20.3 Å². The van der Waals surface area contributed by atoms with Gasteiger partial charge in [-0.05, 0) is 23.3 Å². The molecule has 0 spiro atoms. The Morgan fingerprint density at radius 1 is 1.23 bits per heavy atom. The second-order valence-electron chi connectivity index (χ2n) is 2.73. The van der Waals surface area contributed by atoms with Gasteiger partial charge in [-0.2, -0.15) is 0 Å². The molecule has 0 saturated carbocycles. The van der Waals surface area contributed by atoms with E-state index in [-0.39, 0.29) is 6.61 Å². The van der Waals surface area contributed by atoms with Crippen molar-refractivity contribution in [2.45, 2.75) is 13.2 Å². The lowest BCUT2D eigenvalue weighted by Crippen LogP contribution is -1.96. The molecule has 13 heavy (non-hydrogen) atoms. The quantitative estimate of drug-likeness (QED) is 0.763. The number of benzene rings is 1. The Bertz CT molecular complexity index is 271. The average molecular weight is 182 g/mol. The molecule has 1 aromatic carbocycles. The van der Waals surface area contributed by atoms with Crippen LogP contribution in [0.15, 0.2) is 18.2 Å². The van der Waals surface area contributed by atoms with Gasteiger partial charge >= 0.3 is 0 Å². The molecule has 0 saturated heterocycles. The van der Waals surface area contributed by atoms with Gasteiger partial charge in [-0.3, -0.25) is 0 Å². The minimum absolute atomic E-state index is 0.0304. The molecule has 0 fully saturated rings. The molecule has 0 heterocycles. The molecule has 0 aliphatic carbocycles. The van der Waals surface area contributed by atoms with Crippen molar-refractivity contribution in [1.82, 2.24) is 0 Å². The molecule has 3 nitrogen and oxygen atoms in total. The summed E-state index contributed by atoms with van der Waals surface area (Å²) in [4.78, 5) is 0. The molecule has 0 aliphatic rings. The summed E-state index contributed by atoms with van der Waals surface area (Å²) in [5, 5.41) is 9.01. The topological polar surface area (TPSA) is 38.7 Å². The van der Waals surface area contributed by atoms with Gasteiger partial charge < -0.3 is 14.6 Å². The van der Waals surface area contributed by atoms with E-state index >= 15 is 0 Å². The zero-order valence-electron chi connectivity index (χ0n) is 7.91. The molecular weight excluding hydrogens is 168 g/mol. The first kappa shape index (κ1) is 10.0. The largest absolute Gasteiger partial charge is 0.497 e.